The van der Waals surface area contributed by atoms with Gasteiger partial charge in [0.1, 0.15) is 46.0 Å². The molecule has 0 unspecified atom stereocenters. The summed E-state index contributed by atoms with van der Waals surface area (Å²) in [5, 5.41) is 0. The first kappa shape index (κ1) is 28.4. The first-order chi connectivity index (χ1) is 18.9. The van der Waals surface area contributed by atoms with Crippen LogP contribution < -0.4 is 9.47 Å². The Morgan fingerprint density at radius 3 is 1.85 bits per heavy atom. The van der Waals surface area contributed by atoms with Gasteiger partial charge < -0.3 is 9.47 Å². The lowest BCUT2D eigenvalue weighted by atomic mass is 9.99. The van der Waals surface area contributed by atoms with Gasteiger partial charge in [0.2, 0.25) is 0 Å². The van der Waals surface area contributed by atoms with E-state index in [0.717, 1.165) is 12.1 Å². The van der Waals surface area contributed by atoms with Gasteiger partial charge in [-0.05, 0) is 54.8 Å². The highest BCUT2D eigenvalue weighted by atomic mass is 19.3. The Bertz CT molecular complexity index is 1580. The van der Waals surface area contributed by atoms with Gasteiger partial charge in [0, 0.05) is 17.7 Å². The molecule has 3 nitrogen and oxygen atoms in total. The quantitative estimate of drug-likeness (QED) is 0.136. The summed E-state index contributed by atoms with van der Waals surface area (Å²) >= 11 is 0. The maximum Gasteiger partial charge on any atom is 0.432 e. The average Bonchev–Trinajstić information content (AvgIpc) is 2.86. The summed E-state index contributed by atoms with van der Waals surface area (Å²) in [6, 6.07) is 5.14. The van der Waals surface area contributed by atoms with Crippen LogP contribution in [0.25, 0.3) is 11.1 Å². The number of aromatic nitrogens is 1. The first-order valence-electron chi connectivity index (χ1n) is 11.2. The Kier molecular flexibility index (Phi) is 7.95. The number of halogens is 9. The number of pyridine rings is 1. The molecule has 0 aliphatic heterocycles. The van der Waals surface area contributed by atoms with Gasteiger partial charge in [-0.25, -0.2) is 35.7 Å². The topological polar surface area (TPSA) is 31.4 Å². The summed E-state index contributed by atoms with van der Waals surface area (Å²) in [4.78, 5) is 4.01. The lowest BCUT2D eigenvalue weighted by Crippen LogP contribution is -2.25. The van der Waals surface area contributed by atoms with Crippen LogP contribution in [-0.2, 0) is 6.11 Å². The van der Waals surface area contributed by atoms with E-state index in [4.69, 9.17) is 4.74 Å². The van der Waals surface area contributed by atoms with E-state index in [1.807, 2.05) is 0 Å². The van der Waals surface area contributed by atoms with Gasteiger partial charge >= 0.3 is 6.11 Å². The Morgan fingerprint density at radius 2 is 1.32 bits per heavy atom. The summed E-state index contributed by atoms with van der Waals surface area (Å²) < 4.78 is 137. The molecule has 1 heterocycles. The van der Waals surface area contributed by atoms with Crippen molar-refractivity contribution >= 4 is 0 Å². The predicted octanol–water partition coefficient (Wildman–Crippen LogP) is 7.65. The number of benzene rings is 3. The Labute approximate surface area is 220 Å². The molecule has 40 heavy (non-hydrogen) atoms. The second-order valence-electron chi connectivity index (χ2n) is 8.01. The lowest BCUT2D eigenvalue weighted by molar-refractivity contribution is -0.189. The molecule has 1 aromatic heterocycles. The van der Waals surface area contributed by atoms with Gasteiger partial charge in [-0.1, -0.05) is 5.92 Å². The fraction of sp³-hybridized carbons (Fsp3) is 0.107. The molecule has 0 saturated carbocycles. The van der Waals surface area contributed by atoms with Crippen molar-refractivity contribution in [1.29, 1.82) is 0 Å². The van der Waals surface area contributed by atoms with Crippen molar-refractivity contribution in [3.63, 3.8) is 0 Å². The maximum absolute atomic E-state index is 14.8. The Hall–Kier alpha value is -4.66. The van der Waals surface area contributed by atoms with Crippen LogP contribution in [0, 0.1) is 52.6 Å². The highest BCUT2D eigenvalue weighted by Gasteiger charge is 2.41. The Balaban J connectivity index is 1.63. The highest BCUT2D eigenvalue weighted by Crippen LogP contribution is 2.38. The van der Waals surface area contributed by atoms with Gasteiger partial charge in [0.05, 0.1) is 18.4 Å². The summed E-state index contributed by atoms with van der Waals surface area (Å²) in [5.74, 6) is -8.09. The van der Waals surface area contributed by atoms with E-state index in [1.165, 1.54) is 12.3 Å². The largest absolute Gasteiger partial charge is 0.492 e. The number of alkyl halides is 2. The van der Waals surface area contributed by atoms with Crippen LogP contribution in [0.1, 0.15) is 23.7 Å². The molecule has 0 atom stereocenters. The molecule has 0 radical (unpaired) electrons. The van der Waals surface area contributed by atoms with Gasteiger partial charge in [-0.2, -0.15) is 8.78 Å². The number of nitrogens with zero attached hydrogens (tertiary/aromatic N) is 1. The zero-order valence-corrected chi connectivity index (χ0v) is 20.1. The van der Waals surface area contributed by atoms with E-state index < -0.39 is 69.3 Å². The van der Waals surface area contributed by atoms with Crippen LogP contribution in [0.2, 0.25) is 0 Å². The number of rotatable bonds is 6. The monoisotopic (exact) mass is 567 g/mol. The molecule has 0 amide bonds. The van der Waals surface area contributed by atoms with Crippen molar-refractivity contribution < 1.29 is 49.0 Å². The van der Waals surface area contributed by atoms with Crippen LogP contribution in [-0.4, -0.2) is 11.6 Å². The minimum atomic E-state index is -4.87. The molecule has 12 heteroatoms. The molecule has 0 saturated heterocycles. The van der Waals surface area contributed by atoms with Crippen molar-refractivity contribution in [3.05, 3.63) is 112 Å². The fourth-order valence-electron chi connectivity index (χ4n) is 3.55. The molecule has 0 aliphatic rings. The second-order valence-corrected chi connectivity index (χ2v) is 8.01. The highest BCUT2D eigenvalue weighted by molar-refractivity contribution is 5.67. The van der Waals surface area contributed by atoms with Gasteiger partial charge in [-0.15, -0.1) is 0 Å². The smallest absolute Gasteiger partial charge is 0.432 e. The molecule has 0 fully saturated rings. The van der Waals surface area contributed by atoms with Crippen LogP contribution >= 0.6 is 0 Å². The van der Waals surface area contributed by atoms with E-state index in [9.17, 15) is 39.5 Å². The van der Waals surface area contributed by atoms with Crippen LogP contribution in [0.5, 0.6) is 11.5 Å². The third kappa shape index (κ3) is 5.98. The van der Waals surface area contributed by atoms with E-state index >= 15 is 0 Å². The fourth-order valence-corrected chi connectivity index (χ4v) is 3.55. The zero-order chi connectivity index (χ0) is 29.2. The molecule has 4 aromatic rings. The standard InChI is InChI=1S/C28H14F9NO2/c1-2-39-17-6-5-16(38-13-17)4-3-14-7-19(29)25(20(30)8-14)15-9-21(31)26(22(32)10-15)28(36,37)40-18-11-23(33)27(35)24(34)12-18/h5-13H,2H2,1H3. The van der Waals surface area contributed by atoms with E-state index in [-0.39, 0.29) is 35.5 Å². The van der Waals surface area contributed by atoms with Crippen LogP contribution in [0.3, 0.4) is 0 Å². The maximum atomic E-state index is 14.8. The molecule has 3 aromatic carbocycles. The van der Waals surface area contributed by atoms with Gasteiger partial charge in [0.25, 0.3) is 0 Å². The van der Waals surface area contributed by atoms with E-state index in [1.54, 1.807) is 13.0 Å². The summed E-state index contributed by atoms with van der Waals surface area (Å²) in [5.41, 5.74) is -3.65. The van der Waals surface area contributed by atoms with E-state index in [0.29, 0.717) is 12.4 Å². The predicted molar refractivity (Wildman–Crippen MR) is 124 cm³/mol. The second kappa shape index (κ2) is 11.2. The summed E-state index contributed by atoms with van der Waals surface area (Å²) in [7, 11) is 0. The number of hydrogen-bond acceptors (Lipinski definition) is 3. The Morgan fingerprint density at radius 1 is 0.725 bits per heavy atom. The minimum absolute atomic E-state index is 0.0394. The summed E-state index contributed by atoms with van der Waals surface area (Å²) in [6.07, 6.45) is -3.47. The number of ether oxygens (including phenoxy) is 2. The van der Waals surface area contributed by atoms with Crippen molar-refractivity contribution in [1.82, 2.24) is 4.98 Å². The lowest BCUT2D eigenvalue weighted by Gasteiger charge is -2.20. The van der Waals surface area contributed by atoms with Crippen LogP contribution in [0.4, 0.5) is 39.5 Å². The zero-order valence-electron chi connectivity index (χ0n) is 20.1. The molecule has 0 spiro atoms. The molecule has 206 valence electrons. The van der Waals surface area contributed by atoms with Crippen molar-refractivity contribution in [2.75, 3.05) is 6.61 Å². The molecule has 4 rings (SSSR count). The van der Waals surface area contributed by atoms with Crippen molar-refractivity contribution in [2.24, 2.45) is 0 Å². The van der Waals surface area contributed by atoms with Crippen LogP contribution in [0.15, 0.2) is 54.7 Å². The molecular weight excluding hydrogens is 553 g/mol. The number of hydrogen-bond donors (Lipinski definition) is 0. The normalized spacial score (nSPS) is 11.2. The third-order valence-corrected chi connectivity index (χ3v) is 5.25. The molecule has 0 N–H and O–H groups in total. The molecular formula is C28H14F9NO2. The average molecular weight is 567 g/mol. The first-order valence-corrected chi connectivity index (χ1v) is 11.2. The molecule has 0 bridgehead atoms. The summed E-state index contributed by atoms with van der Waals surface area (Å²) in [6.45, 7) is 2.20. The molecule has 0 aliphatic carbocycles. The SMILES string of the molecule is CCOc1ccc(C#Cc2cc(F)c(-c3cc(F)c(C(F)(F)Oc4cc(F)c(F)c(F)c4)c(F)c3)c(F)c2)nc1. The van der Waals surface area contributed by atoms with Crippen molar-refractivity contribution in [3.8, 4) is 34.5 Å². The van der Waals surface area contributed by atoms with E-state index in [2.05, 4.69) is 21.6 Å². The third-order valence-electron chi connectivity index (χ3n) is 5.25. The van der Waals surface area contributed by atoms with Gasteiger partial charge in [-0.3, -0.25) is 0 Å². The minimum Gasteiger partial charge on any atom is -0.492 e. The van der Waals surface area contributed by atoms with Gasteiger partial charge in [0.15, 0.2) is 17.5 Å². The van der Waals surface area contributed by atoms with Crippen molar-refractivity contribution in [2.45, 2.75) is 13.0 Å².